The Balaban J connectivity index is 1.70. The van der Waals surface area contributed by atoms with Gasteiger partial charge in [0.2, 0.25) is 6.79 Å². The zero-order valence-corrected chi connectivity index (χ0v) is 16.5. The fraction of sp³-hybridized carbons (Fsp3) is 0.0909. The van der Waals surface area contributed by atoms with Crippen molar-refractivity contribution in [3.8, 4) is 11.5 Å². The highest BCUT2D eigenvalue weighted by Gasteiger charge is 2.48. The highest BCUT2D eigenvalue weighted by molar-refractivity contribution is 7.10. The fourth-order valence-corrected chi connectivity index (χ4v) is 4.50. The van der Waals surface area contributed by atoms with Crippen LogP contribution in [-0.4, -0.2) is 23.6 Å². The Morgan fingerprint density at radius 2 is 1.87 bits per heavy atom. The van der Waals surface area contributed by atoms with Crippen LogP contribution >= 0.6 is 11.3 Å². The lowest BCUT2D eigenvalue weighted by Gasteiger charge is -2.24. The molecule has 2 aliphatic heterocycles. The molecule has 0 aliphatic carbocycles. The van der Waals surface area contributed by atoms with E-state index in [1.54, 1.807) is 23.6 Å². The van der Waals surface area contributed by atoms with Crippen molar-refractivity contribution < 1.29 is 33.0 Å². The average molecular weight is 441 g/mol. The number of carbonyl (C=O) groups excluding carboxylic acids is 2. The second kappa shape index (κ2) is 7.21. The van der Waals surface area contributed by atoms with E-state index in [4.69, 9.17) is 9.47 Å². The molecule has 0 saturated carbocycles. The van der Waals surface area contributed by atoms with Crippen LogP contribution in [0.15, 0.2) is 59.5 Å². The number of hydrogen-bond donors (Lipinski definition) is 1. The molecular formula is C22H13F2NO5S. The third kappa shape index (κ3) is 3.05. The Hall–Kier alpha value is -3.72. The lowest BCUT2D eigenvalue weighted by molar-refractivity contribution is -0.132. The van der Waals surface area contributed by atoms with Gasteiger partial charge in [-0.25, -0.2) is 8.78 Å². The Morgan fingerprint density at radius 3 is 2.61 bits per heavy atom. The summed E-state index contributed by atoms with van der Waals surface area (Å²) in [6, 6.07) is 9.63. The minimum Gasteiger partial charge on any atom is -0.507 e. The smallest absolute Gasteiger partial charge is 0.300 e. The zero-order valence-electron chi connectivity index (χ0n) is 15.7. The lowest BCUT2D eigenvalue weighted by atomic mass is 9.99. The summed E-state index contributed by atoms with van der Waals surface area (Å²) in [5.41, 5.74) is -0.218. The number of anilines is 1. The number of halogens is 2. The number of hydrogen-bond acceptors (Lipinski definition) is 6. The van der Waals surface area contributed by atoms with Crippen LogP contribution in [0, 0.1) is 11.6 Å². The topological polar surface area (TPSA) is 76.1 Å². The number of aliphatic hydroxyl groups is 1. The maximum absolute atomic E-state index is 14.6. The van der Waals surface area contributed by atoms with Gasteiger partial charge in [-0.3, -0.25) is 14.5 Å². The quantitative estimate of drug-likeness (QED) is 0.371. The molecule has 31 heavy (non-hydrogen) atoms. The van der Waals surface area contributed by atoms with Crippen molar-refractivity contribution in [1.82, 2.24) is 0 Å². The predicted octanol–water partition coefficient (Wildman–Crippen LogP) is 4.38. The molecular weight excluding hydrogens is 428 g/mol. The minimum atomic E-state index is -1.08. The Kier molecular flexibility index (Phi) is 4.48. The molecule has 1 unspecified atom stereocenters. The SMILES string of the molecule is O=C1C(=O)N(c2ccc(F)cc2F)C(c2cccs2)/C1=C(/O)c1ccc2c(c1)OCO2. The van der Waals surface area contributed by atoms with Crippen LogP contribution < -0.4 is 14.4 Å². The maximum Gasteiger partial charge on any atom is 0.300 e. The second-order valence-electron chi connectivity index (χ2n) is 6.85. The van der Waals surface area contributed by atoms with Crippen molar-refractivity contribution in [2.24, 2.45) is 0 Å². The number of fused-ring (bicyclic) bond motifs is 1. The van der Waals surface area contributed by atoms with Crippen molar-refractivity contribution in [3.63, 3.8) is 0 Å². The first kappa shape index (κ1) is 19.3. The largest absolute Gasteiger partial charge is 0.507 e. The normalized spacial score (nSPS) is 19.3. The number of aliphatic hydroxyl groups excluding tert-OH is 1. The molecule has 9 heteroatoms. The van der Waals surface area contributed by atoms with Crippen LogP contribution in [0.1, 0.15) is 16.5 Å². The molecule has 3 aromatic rings. The first-order chi connectivity index (χ1) is 15.0. The van der Waals surface area contributed by atoms with Gasteiger partial charge in [0.05, 0.1) is 11.3 Å². The summed E-state index contributed by atoms with van der Waals surface area (Å²) in [7, 11) is 0. The highest BCUT2D eigenvalue weighted by Crippen LogP contribution is 2.45. The van der Waals surface area contributed by atoms with Gasteiger partial charge in [0.25, 0.3) is 11.7 Å². The summed E-state index contributed by atoms with van der Waals surface area (Å²) in [5, 5.41) is 12.8. The molecule has 0 spiro atoms. The average Bonchev–Trinajstić information content (AvgIpc) is 3.48. The van der Waals surface area contributed by atoms with Gasteiger partial charge >= 0.3 is 0 Å². The van der Waals surface area contributed by atoms with Crippen LogP contribution in [0.3, 0.4) is 0 Å². The molecule has 1 N–H and O–H groups in total. The number of thiophene rings is 1. The number of ether oxygens (including phenoxy) is 2. The van der Waals surface area contributed by atoms with Crippen LogP contribution in [0.25, 0.3) is 5.76 Å². The van der Waals surface area contributed by atoms with E-state index in [0.717, 1.165) is 17.0 Å². The highest BCUT2D eigenvalue weighted by atomic mass is 32.1. The molecule has 1 aromatic heterocycles. The molecule has 0 bridgehead atoms. The van der Waals surface area contributed by atoms with Crippen molar-refractivity contribution in [1.29, 1.82) is 0 Å². The molecule has 1 amide bonds. The Labute approximate surface area is 178 Å². The Morgan fingerprint density at radius 1 is 1.06 bits per heavy atom. The zero-order chi connectivity index (χ0) is 21.7. The maximum atomic E-state index is 14.6. The number of carbonyl (C=O) groups is 2. The lowest BCUT2D eigenvalue weighted by Crippen LogP contribution is -2.30. The van der Waals surface area contributed by atoms with Crippen molar-refractivity contribution in [3.05, 3.63) is 81.6 Å². The van der Waals surface area contributed by atoms with Crippen LogP contribution in [0.5, 0.6) is 11.5 Å². The molecule has 1 fully saturated rings. The van der Waals surface area contributed by atoms with E-state index >= 15 is 0 Å². The van der Waals surface area contributed by atoms with Gasteiger partial charge in [-0.1, -0.05) is 6.07 Å². The third-order valence-corrected chi connectivity index (χ3v) is 6.00. The molecule has 2 aromatic carbocycles. The van der Waals surface area contributed by atoms with Gasteiger partial charge in [0, 0.05) is 16.5 Å². The van der Waals surface area contributed by atoms with Gasteiger partial charge in [-0.15, -0.1) is 11.3 Å². The van der Waals surface area contributed by atoms with Crippen molar-refractivity contribution >= 4 is 34.5 Å². The summed E-state index contributed by atoms with van der Waals surface area (Å²) >= 11 is 1.24. The molecule has 2 aliphatic rings. The number of amides is 1. The van der Waals surface area contributed by atoms with Crippen molar-refractivity contribution in [2.45, 2.75) is 6.04 Å². The van der Waals surface area contributed by atoms with E-state index in [9.17, 15) is 23.5 Å². The third-order valence-electron chi connectivity index (χ3n) is 5.07. The summed E-state index contributed by atoms with van der Waals surface area (Å²) in [6.45, 7) is 0.0307. The van der Waals surface area contributed by atoms with Gasteiger partial charge in [0.1, 0.15) is 23.4 Å². The summed E-state index contributed by atoms with van der Waals surface area (Å²) in [6.07, 6.45) is 0. The van der Waals surface area contributed by atoms with Gasteiger partial charge < -0.3 is 14.6 Å². The minimum absolute atomic E-state index is 0.0307. The monoisotopic (exact) mass is 441 g/mol. The van der Waals surface area contributed by atoms with E-state index < -0.39 is 35.1 Å². The van der Waals surface area contributed by atoms with Crippen LogP contribution in [-0.2, 0) is 9.59 Å². The number of rotatable bonds is 3. The molecule has 1 saturated heterocycles. The van der Waals surface area contributed by atoms with E-state index in [-0.39, 0.29) is 23.6 Å². The fourth-order valence-electron chi connectivity index (χ4n) is 3.67. The predicted molar refractivity (Wildman–Crippen MR) is 108 cm³/mol. The van der Waals surface area contributed by atoms with Gasteiger partial charge in [0.15, 0.2) is 11.5 Å². The molecule has 3 heterocycles. The van der Waals surface area contributed by atoms with E-state index in [2.05, 4.69) is 0 Å². The molecule has 0 radical (unpaired) electrons. The first-order valence-electron chi connectivity index (χ1n) is 9.15. The van der Waals surface area contributed by atoms with Crippen molar-refractivity contribution in [2.75, 3.05) is 11.7 Å². The Bertz CT molecular complexity index is 1250. The summed E-state index contributed by atoms with van der Waals surface area (Å²) in [4.78, 5) is 27.4. The number of Topliss-reactive ketones (excluding diaryl/α,β-unsaturated/α-hetero) is 1. The van der Waals surface area contributed by atoms with Crippen LogP contribution in [0.2, 0.25) is 0 Å². The number of nitrogens with zero attached hydrogens (tertiary/aromatic N) is 1. The number of benzene rings is 2. The standard InChI is InChI=1S/C22H13F2NO5S/c23-12-4-5-14(13(24)9-12)25-19(17-2-1-7-31-17)18(21(27)22(25)28)20(26)11-3-6-15-16(8-11)30-10-29-15/h1-9,19,26H,10H2/b20-18-. The molecule has 156 valence electrons. The second-order valence-corrected chi connectivity index (χ2v) is 7.83. The van der Waals surface area contributed by atoms with E-state index in [1.807, 2.05) is 0 Å². The van der Waals surface area contributed by atoms with E-state index in [1.165, 1.54) is 23.5 Å². The van der Waals surface area contributed by atoms with Crippen LogP contribution in [0.4, 0.5) is 14.5 Å². The van der Waals surface area contributed by atoms with E-state index in [0.29, 0.717) is 22.4 Å². The summed E-state index contributed by atoms with van der Waals surface area (Å²) in [5.74, 6) is -3.36. The molecule has 1 atom stereocenters. The molecule has 6 nitrogen and oxygen atoms in total. The van der Waals surface area contributed by atoms with Gasteiger partial charge in [-0.2, -0.15) is 0 Å². The first-order valence-corrected chi connectivity index (χ1v) is 10.0. The van der Waals surface area contributed by atoms with Gasteiger partial charge in [-0.05, 0) is 41.8 Å². The number of ketones is 1. The summed E-state index contributed by atoms with van der Waals surface area (Å²) < 4.78 is 38.6. The molecule has 5 rings (SSSR count).